The maximum atomic E-state index is 14.5. The molecule has 2 heterocycles. The van der Waals surface area contributed by atoms with E-state index in [1.54, 1.807) is 4.68 Å². The maximum absolute atomic E-state index is 14.5. The summed E-state index contributed by atoms with van der Waals surface area (Å²) in [5.74, 6) is 0.478. The zero-order valence-electron chi connectivity index (χ0n) is 27.0. The van der Waals surface area contributed by atoms with Gasteiger partial charge in [0.1, 0.15) is 5.82 Å². The van der Waals surface area contributed by atoms with Crippen LogP contribution in [0, 0.1) is 33.6 Å². The van der Waals surface area contributed by atoms with Gasteiger partial charge in [0.25, 0.3) is 0 Å². The molecule has 0 radical (unpaired) electrons. The van der Waals surface area contributed by atoms with E-state index >= 15 is 0 Å². The van der Waals surface area contributed by atoms with Crippen molar-refractivity contribution in [2.75, 3.05) is 23.7 Å². The monoisotopic (exact) mass is 591 g/mol. The highest BCUT2D eigenvalue weighted by Gasteiger charge is 2.34. The number of anilines is 2. The molecule has 0 aliphatic carbocycles. The minimum atomic E-state index is -0.384. The molecule has 44 heavy (non-hydrogen) atoms. The van der Waals surface area contributed by atoms with E-state index in [0.717, 1.165) is 70.7 Å². The Morgan fingerprint density at radius 1 is 0.864 bits per heavy atom. The summed E-state index contributed by atoms with van der Waals surface area (Å²) >= 11 is 0. The van der Waals surface area contributed by atoms with Gasteiger partial charge in [-0.3, -0.25) is 10.1 Å². The largest absolute Gasteiger partial charge is 0.324 e. The van der Waals surface area contributed by atoms with Crippen molar-refractivity contribution in [3.05, 3.63) is 106 Å². The Balaban J connectivity index is 1.49. The van der Waals surface area contributed by atoms with Crippen LogP contribution in [0.25, 0.3) is 5.69 Å². The van der Waals surface area contributed by atoms with Crippen LogP contribution in [-0.4, -0.2) is 34.7 Å². The first-order chi connectivity index (χ1) is 20.9. The number of nitrogens with one attached hydrogen (secondary N) is 3. The summed E-state index contributed by atoms with van der Waals surface area (Å²) in [6.07, 6.45) is 1.79. The van der Waals surface area contributed by atoms with Crippen molar-refractivity contribution in [2.24, 2.45) is 5.92 Å². The average molecular weight is 592 g/mol. The number of ketones is 1. The second-order valence-electron chi connectivity index (χ2n) is 13.3. The normalized spacial score (nSPS) is 14.7. The number of aromatic nitrogens is 2. The number of aryl methyl sites for hydroxylation is 4. The lowest BCUT2D eigenvalue weighted by Crippen LogP contribution is -2.34. The second kappa shape index (κ2) is 12.8. The number of para-hydroxylation sites is 1. The first-order valence-electron chi connectivity index (χ1n) is 15.6. The third-order valence-corrected chi connectivity index (χ3v) is 8.60. The zero-order valence-corrected chi connectivity index (χ0v) is 27.0. The van der Waals surface area contributed by atoms with E-state index in [0.29, 0.717) is 11.5 Å². The molecule has 7 nitrogen and oxygen atoms in total. The van der Waals surface area contributed by atoms with Crippen molar-refractivity contribution in [2.45, 2.75) is 72.6 Å². The number of amides is 2. The molecule has 2 amide bonds. The van der Waals surface area contributed by atoms with Gasteiger partial charge in [-0.05, 0) is 94.4 Å². The maximum Gasteiger partial charge on any atom is 0.324 e. The van der Waals surface area contributed by atoms with E-state index in [1.807, 2.05) is 75.4 Å². The SMILES string of the molecule is Cc1ccc(-n2nc(C(C)(C)C)cc2NC(=O)Nc2ccccc2C(C(=O)c2c(C)cc(C)cc2C)C2CCNCC2)cc1. The van der Waals surface area contributed by atoms with Crippen molar-refractivity contribution in [3.8, 4) is 5.69 Å². The minimum Gasteiger partial charge on any atom is -0.317 e. The summed E-state index contributed by atoms with van der Waals surface area (Å²) in [7, 11) is 0. The van der Waals surface area contributed by atoms with Gasteiger partial charge in [-0.15, -0.1) is 0 Å². The van der Waals surface area contributed by atoms with Crippen LogP contribution in [-0.2, 0) is 5.41 Å². The van der Waals surface area contributed by atoms with Gasteiger partial charge in [-0.2, -0.15) is 5.10 Å². The number of urea groups is 1. The van der Waals surface area contributed by atoms with E-state index in [2.05, 4.69) is 55.8 Å². The molecule has 7 heteroatoms. The molecular formula is C37H45N5O2. The standard InChI is InChI=1S/C37H45N5O2/c1-23-12-14-28(15-13-23)42-32(22-31(41-42)37(5,6)7)40-36(44)39-30-11-9-8-10-29(30)34(27-16-18-38-19-17-27)35(43)33-25(3)20-24(2)21-26(33)4/h8-15,20-22,27,34,38H,16-19H2,1-7H3,(H2,39,40,44). The summed E-state index contributed by atoms with van der Waals surface area (Å²) in [5, 5.41) is 14.4. The highest BCUT2D eigenvalue weighted by molar-refractivity contribution is 6.06. The Kier molecular flexibility index (Phi) is 9.07. The molecule has 3 N–H and O–H groups in total. The first kappa shape index (κ1) is 31.2. The quantitative estimate of drug-likeness (QED) is 0.190. The molecule has 1 saturated heterocycles. The number of nitrogens with zero attached hydrogens (tertiary/aromatic N) is 2. The molecule has 4 aromatic rings. The van der Waals surface area contributed by atoms with Gasteiger partial charge in [-0.25, -0.2) is 9.48 Å². The summed E-state index contributed by atoms with van der Waals surface area (Å²) in [6, 6.07) is 21.5. The topological polar surface area (TPSA) is 88.1 Å². The highest BCUT2D eigenvalue weighted by atomic mass is 16.2. The van der Waals surface area contributed by atoms with Gasteiger partial charge in [0.2, 0.25) is 0 Å². The second-order valence-corrected chi connectivity index (χ2v) is 13.3. The summed E-state index contributed by atoms with van der Waals surface area (Å²) in [4.78, 5) is 28.1. The Morgan fingerprint density at radius 3 is 2.14 bits per heavy atom. The molecule has 1 aliphatic rings. The molecule has 1 unspecified atom stereocenters. The van der Waals surface area contributed by atoms with E-state index in [1.165, 1.54) is 0 Å². The molecule has 230 valence electrons. The third-order valence-electron chi connectivity index (χ3n) is 8.60. The van der Waals surface area contributed by atoms with Crippen molar-refractivity contribution in [1.82, 2.24) is 15.1 Å². The average Bonchev–Trinajstić information content (AvgIpc) is 3.39. The Morgan fingerprint density at radius 2 is 1.50 bits per heavy atom. The van der Waals surface area contributed by atoms with Crippen molar-refractivity contribution in [1.29, 1.82) is 0 Å². The smallest absolute Gasteiger partial charge is 0.317 e. The van der Waals surface area contributed by atoms with Gasteiger partial charge in [0.15, 0.2) is 5.78 Å². The fourth-order valence-electron chi connectivity index (χ4n) is 6.38. The van der Waals surface area contributed by atoms with Crippen molar-refractivity contribution < 1.29 is 9.59 Å². The number of hydrogen-bond acceptors (Lipinski definition) is 4. The number of carbonyl (C=O) groups excluding carboxylic acids is 2. The number of Topliss-reactive ketones (excluding diaryl/α,β-unsaturated/α-hetero) is 1. The van der Waals surface area contributed by atoms with Crippen LogP contribution in [0.15, 0.2) is 66.7 Å². The van der Waals surface area contributed by atoms with Crippen molar-refractivity contribution >= 4 is 23.3 Å². The Bertz CT molecular complexity index is 1630. The molecule has 3 aromatic carbocycles. The van der Waals surface area contributed by atoms with Crippen LogP contribution in [0.3, 0.4) is 0 Å². The van der Waals surface area contributed by atoms with Crippen molar-refractivity contribution in [3.63, 3.8) is 0 Å². The fraction of sp³-hybridized carbons (Fsp3) is 0.378. The molecule has 1 aromatic heterocycles. The van der Waals surface area contributed by atoms with E-state index in [9.17, 15) is 9.59 Å². The molecule has 0 saturated carbocycles. The minimum absolute atomic E-state index is 0.119. The van der Waals surface area contributed by atoms with Gasteiger partial charge in [-0.1, -0.05) is 74.4 Å². The van der Waals surface area contributed by atoms with Crippen LogP contribution >= 0.6 is 0 Å². The van der Waals surface area contributed by atoms with Crippen LogP contribution in [0.2, 0.25) is 0 Å². The molecule has 5 rings (SSSR count). The Labute approximate surface area is 261 Å². The molecule has 1 fully saturated rings. The molecular weight excluding hydrogens is 546 g/mol. The highest BCUT2D eigenvalue weighted by Crippen LogP contribution is 2.39. The van der Waals surface area contributed by atoms with Crippen LogP contribution in [0.1, 0.15) is 83.4 Å². The lowest BCUT2D eigenvalue weighted by atomic mass is 9.74. The van der Waals surface area contributed by atoms with E-state index in [-0.39, 0.29) is 29.1 Å². The molecule has 0 spiro atoms. The van der Waals surface area contributed by atoms with E-state index < -0.39 is 0 Å². The lowest BCUT2D eigenvalue weighted by molar-refractivity contribution is 0.0915. The summed E-state index contributed by atoms with van der Waals surface area (Å²) < 4.78 is 1.77. The molecule has 1 aliphatic heterocycles. The Hall–Kier alpha value is -4.23. The van der Waals surface area contributed by atoms with E-state index in [4.69, 9.17) is 5.10 Å². The predicted molar refractivity (Wildman–Crippen MR) is 179 cm³/mol. The van der Waals surface area contributed by atoms with Gasteiger partial charge >= 0.3 is 6.03 Å². The lowest BCUT2D eigenvalue weighted by Gasteiger charge is -2.32. The number of rotatable bonds is 7. The first-order valence-corrected chi connectivity index (χ1v) is 15.6. The zero-order chi connectivity index (χ0) is 31.6. The number of benzene rings is 3. The summed E-state index contributed by atoms with van der Waals surface area (Å²) in [6.45, 7) is 16.2. The number of hydrogen-bond donors (Lipinski definition) is 3. The molecule has 0 bridgehead atoms. The predicted octanol–water partition coefficient (Wildman–Crippen LogP) is 8.01. The summed E-state index contributed by atoms with van der Waals surface area (Å²) in [5.41, 5.74) is 8.09. The fourth-order valence-corrected chi connectivity index (χ4v) is 6.38. The molecule has 1 atom stereocenters. The van der Waals surface area contributed by atoms with Gasteiger partial charge in [0, 0.05) is 22.7 Å². The number of carbonyl (C=O) groups is 2. The van der Waals surface area contributed by atoms with Crippen LogP contribution < -0.4 is 16.0 Å². The van der Waals surface area contributed by atoms with Crippen LogP contribution in [0.5, 0.6) is 0 Å². The number of piperidine rings is 1. The van der Waals surface area contributed by atoms with Gasteiger partial charge < -0.3 is 10.6 Å². The third kappa shape index (κ3) is 6.78. The van der Waals surface area contributed by atoms with Gasteiger partial charge in [0.05, 0.1) is 17.3 Å². The van der Waals surface area contributed by atoms with Crippen LogP contribution in [0.4, 0.5) is 16.3 Å².